The molecule has 1 atom stereocenters. The fourth-order valence-electron chi connectivity index (χ4n) is 3.40. The van der Waals surface area contributed by atoms with Gasteiger partial charge in [0.25, 0.3) is 11.8 Å². The Morgan fingerprint density at radius 2 is 1.84 bits per heavy atom. The van der Waals surface area contributed by atoms with E-state index in [1.807, 2.05) is 0 Å². The third-order valence-electron chi connectivity index (χ3n) is 4.79. The number of nitrogens with zero attached hydrogens (tertiary/aromatic N) is 1. The number of alkyl halides is 3. The third kappa shape index (κ3) is 4.13. The van der Waals surface area contributed by atoms with E-state index >= 15 is 0 Å². The van der Waals surface area contributed by atoms with Crippen LogP contribution >= 0.6 is 23.2 Å². The number of rotatable bonds is 3. The Hall–Kier alpha value is -3.17. The molecule has 1 aliphatic heterocycles. The molecule has 1 aliphatic rings. The summed E-state index contributed by atoms with van der Waals surface area (Å²) in [5.41, 5.74) is -0.853. The second-order valence-electron chi connectivity index (χ2n) is 6.85. The minimum Gasteiger partial charge on any atom is -0.341 e. The number of nitrogens with one attached hydrogen (secondary N) is 2. The number of hydrogen-bond donors (Lipinski definition) is 2. The highest BCUT2D eigenvalue weighted by Crippen LogP contribution is 2.39. The van der Waals surface area contributed by atoms with Gasteiger partial charge >= 0.3 is 6.18 Å². The van der Waals surface area contributed by atoms with Crippen LogP contribution < -0.4 is 10.6 Å². The van der Waals surface area contributed by atoms with Gasteiger partial charge in [0.15, 0.2) is 0 Å². The van der Waals surface area contributed by atoms with Crippen molar-refractivity contribution in [2.45, 2.75) is 12.2 Å². The third-order valence-corrected chi connectivity index (χ3v) is 5.32. The van der Waals surface area contributed by atoms with Crippen molar-refractivity contribution in [3.05, 3.63) is 92.5 Å². The van der Waals surface area contributed by atoms with Crippen LogP contribution in [0.4, 0.5) is 23.2 Å². The van der Waals surface area contributed by atoms with Crippen molar-refractivity contribution < 1.29 is 27.2 Å². The van der Waals surface area contributed by atoms with Crippen LogP contribution in [0.2, 0.25) is 10.2 Å². The highest BCUT2D eigenvalue weighted by molar-refractivity contribution is 6.31. The number of aromatic nitrogens is 1. The molecular weight excluding hydrogens is 473 g/mol. The average Bonchev–Trinajstić information content (AvgIpc) is 3.06. The number of benzene rings is 2. The Kier molecular flexibility index (Phi) is 5.56. The Bertz CT molecular complexity index is 1260. The van der Waals surface area contributed by atoms with E-state index < -0.39 is 46.3 Å². The summed E-state index contributed by atoms with van der Waals surface area (Å²) in [7, 11) is 0. The fraction of sp³-hybridized carbons (Fsp3) is 0.0952. The van der Waals surface area contributed by atoms with Crippen LogP contribution in [0.25, 0.3) is 0 Å². The number of pyridine rings is 1. The lowest BCUT2D eigenvalue weighted by Crippen LogP contribution is -2.21. The molecule has 0 bridgehead atoms. The molecule has 32 heavy (non-hydrogen) atoms. The van der Waals surface area contributed by atoms with E-state index in [0.29, 0.717) is 12.1 Å². The highest BCUT2D eigenvalue weighted by atomic mass is 35.5. The smallest absolute Gasteiger partial charge is 0.341 e. The fourth-order valence-corrected chi connectivity index (χ4v) is 3.83. The molecule has 2 aromatic carbocycles. The molecule has 164 valence electrons. The first-order valence-electron chi connectivity index (χ1n) is 8.99. The van der Waals surface area contributed by atoms with Gasteiger partial charge in [-0.1, -0.05) is 29.3 Å². The van der Waals surface area contributed by atoms with Crippen LogP contribution in [-0.4, -0.2) is 16.8 Å². The summed E-state index contributed by atoms with van der Waals surface area (Å²) in [6.45, 7) is 0. The highest BCUT2D eigenvalue weighted by Gasteiger charge is 2.35. The van der Waals surface area contributed by atoms with Gasteiger partial charge in [-0.05, 0) is 42.5 Å². The summed E-state index contributed by atoms with van der Waals surface area (Å²) in [6, 6.07) is 8.32. The molecule has 0 aliphatic carbocycles. The molecule has 11 heteroatoms. The Morgan fingerprint density at radius 1 is 1.09 bits per heavy atom. The second kappa shape index (κ2) is 8.07. The van der Waals surface area contributed by atoms with Crippen molar-refractivity contribution in [2.75, 3.05) is 5.32 Å². The number of carbonyl (C=O) groups excluding carboxylic acids is 2. The molecule has 1 aromatic heterocycles. The van der Waals surface area contributed by atoms with Gasteiger partial charge in [0.1, 0.15) is 16.7 Å². The molecule has 0 saturated heterocycles. The zero-order chi connectivity index (χ0) is 23.2. The maximum Gasteiger partial charge on any atom is 0.416 e. The summed E-state index contributed by atoms with van der Waals surface area (Å²) < 4.78 is 53.0. The first-order valence-corrected chi connectivity index (χ1v) is 9.75. The minimum absolute atomic E-state index is 0.117. The van der Waals surface area contributed by atoms with Gasteiger partial charge in [-0.3, -0.25) is 9.59 Å². The van der Waals surface area contributed by atoms with Crippen molar-refractivity contribution in [1.82, 2.24) is 10.3 Å². The quantitative estimate of drug-likeness (QED) is 0.374. The standard InChI is InChI=1S/C21H11Cl2F4N3O2/c22-13-5-4-10(24)8-12(13)18-17-11(19(31)30-18)2-1-3-14(17)29-20(32)15-6-9(21(25,26)27)7-16(23)28-15/h1-8,18H,(H,29,32)(H,30,31). The lowest BCUT2D eigenvalue weighted by Gasteiger charge is -2.18. The van der Waals surface area contributed by atoms with Gasteiger partial charge in [0.2, 0.25) is 0 Å². The maximum absolute atomic E-state index is 13.8. The molecule has 2 heterocycles. The van der Waals surface area contributed by atoms with Gasteiger partial charge in [0, 0.05) is 27.4 Å². The van der Waals surface area contributed by atoms with Crippen LogP contribution in [0, 0.1) is 5.82 Å². The Balaban J connectivity index is 1.75. The zero-order valence-electron chi connectivity index (χ0n) is 15.7. The maximum atomic E-state index is 13.8. The van der Waals surface area contributed by atoms with E-state index in [1.54, 1.807) is 0 Å². The number of halogens is 6. The molecule has 0 spiro atoms. The molecule has 2 N–H and O–H groups in total. The molecular formula is C21H11Cl2F4N3O2. The monoisotopic (exact) mass is 483 g/mol. The van der Waals surface area contributed by atoms with Crippen LogP contribution in [0.3, 0.4) is 0 Å². The molecule has 0 saturated carbocycles. The van der Waals surface area contributed by atoms with Gasteiger partial charge in [-0.25, -0.2) is 9.37 Å². The number of amides is 2. The van der Waals surface area contributed by atoms with Crippen LogP contribution in [0.5, 0.6) is 0 Å². The largest absolute Gasteiger partial charge is 0.416 e. The average molecular weight is 484 g/mol. The number of carbonyl (C=O) groups is 2. The molecule has 0 radical (unpaired) electrons. The Labute approximate surface area is 188 Å². The molecule has 3 aromatic rings. The van der Waals surface area contributed by atoms with E-state index in [0.717, 1.165) is 12.1 Å². The number of hydrogen-bond acceptors (Lipinski definition) is 3. The molecule has 2 amide bonds. The van der Waals surface area contributed by atoms with E-state index in [1.165, 1.54) is 24.3 Å². The van der Waals surface area contributed by atoms with E-state index in [-0.39, 0.29) is 27.4 Å². The van der Waals surface area contributed by atoms with Gasteiger partial charge in [-0.2, -0.15) is 13.2 Å². The normalized spacial score (nSPS) is 15.3. The van der Waals surface area contributed by atoms with Crippen molar-refractivity contribution in [3.63, 3.8) is 0 Å². The molecule has 0 fully saturated rings. The summed E-state index contributed by atoms with van der Waals surface area (Å²) >= 11 is 11.8. The van der Waals surface area contributed by atoms with Crippen molar-refractivity contribution >= 4 is 40.7 Å². The Morgan fingerprint density at radius 3 is 2.56 bits per heavy atom. The second-order valence-corrected chi connectivity index (χ2v) is 7.65. The van der Waals surface area contributed by atoms with Crippen LogP contribution in [0.15, 0.2) is 48.5 Å². The minimum atomic E-state index is -4.73. The SMILES string of the molecule is O=C(Nc1cccc2c1C(c1cc(F)ccc1Cl)NC2=O)c1cc(C(F)(F)F)cc(Cl)n1. The number of anilines is 1. The lowest BCUT2D eigenvalue weighted by atomic mass is 9.96. The van der Waals surface area contributed by atoms with Crippen LogP contribution in [0.1, 0.15) is 43.6 Å². The first kappa shape index (κ1) is 22.0. The molecule has 1 unspecified atom stereocenters. The van der Waals surface area contributed by atoms with Gasteiger partial charge in [0.05, 0.1) is 11.6 Å². The van der Waals surface area contributed by atoms with E-state index in [9.17, 15) is 27.2 Å². The molecule has 4 rings (SSSR count). The summed E-state index contributed by atoms with van der Waals surface area (Å²) in [4.78, 5) is 28.8. The topological polar surface area (TPSA) is 71.1 Å². The van der Waals surface area contributed by atoms with Gasteiger partial charge < -0.3 is 10.6 Å². The van der Waals surface area contributed by atoms with Crippen molar-refractivity contribution in [1.29, 1.82) is 0 Å². The van der Waals surface area contributed by atoms with Crippen LogP contribution in [-0.2, 0) is 6.18 Å². The zero-order valence-corrected chi connectivity index (χ0v) is 17.2. The van der Waals surface area contributed by atoms with E-state index in [4.69, 9.17) is 23.2 Å². The van der Waals surface area contributed by atoms with Gasteiger partial charge in [-0.15, -0.1) is 0 Å². The lowest BCUT2D eigenvalue weighted by molar-refractivity contribution is -0.137. The van der Waals surface area contributed by atoms with Crippen molar-refractivity contribution in [3.8, 4) is 0 Å². The number of fused-ring (bicyclic) bond motifs is 1. The predicted octanol–water partition coefficient (Wildman–Crippen LogP) is 5.63. The predicted molar refractivity (Wildman–Crippen MR) is 109 cm³/mol. The summed E-state index contributed by atoms with van der Waals surface area (Å²) in [5, 5.41) is 4.80. The first-order chi connectivity index (χ1) is 15.0. The summed E-state index contributed by atoms with van der Waals surface area (Å²) in [5.74, 6) is -2.05. The van der Waals surface area contributed by atoms with Crippen molar-refractivity contribution in [2.24, 2.45) is 0 Å². The van der Waals surface area contributed by atoms with E-state index in [2.05, 4.69) is 15.6 Å². The molecule has 5 nitrogen and oxygen atoms in total. The summed E-state index contributed by atoms with van der Waals surface area (Å²) in [6.07, 6.45) is -4.73.